The van der Waals surface area contributed by atoms with Crippen LogP contribution in [0.1, 0.15) is 26.5 Å². The fourth-order valence-corrected chi connectivity index (χ4v) is 1.85. The van der Waals surface area contributed by atoms with E-state index >= 15 is 0 Å². The van der Waals surface area contributed by atoms with Gasteiger partial charge in [0.2, 0.25) is 0 Å². The molecule has 0 bridgehead atoms. The molecule has 0 aliphatic carbocycles. The summed E-state index contributed by atoms with van der Waals surface area (Å²) in [6.07, 6.45) is 3.69. The summed E-state index contributed by atoms with van der Waals surface area (Å²) in [5, 5.41) is 4.19. The maximum absolute atomic E-state index is 6.01. The van der Waals surface area contributed by atoms with E-state index in [0.29, 0.717) is 0 Å². The van der Waals surface area contributed by atoms with Crippen molar-refractivity contribution in [3.63, 3.8) is 0 Å². The van der Waals surface area contributed by atoms with Crippen molar-refractivity contribution in [1.82, 2.24) is 14.9 Å². The van der Waals surface area contributed by atoms with Crippen molar-refractivity contribution in [2.24, 2.45) is 0 Å². The first-order chi connectivity index (χ1) is 8.46. The Bertz CT molecular complexity index is 526. The molecular formula is C14H18ClN3. The predicted molar refractivity (Wildman–Crippen MR) is 75.2 cm³/mol. The average Bonchev–Trinajstić information content (AvgIpc) is 2.73. The molecule has 2 rings (SSSR count). The van der Waals surface area contributed by atoms with Crippen LogP contribution in [-0.2, 0) is 6.54 Å². The SMILES string of the molecule is CC(C)(C)NCc1cncn1-c1cccc(Cl)c1. The minimum atomic E-state index is 0.0867. The minimum Gasteiger partial charge on any atom is -0.306 e. The predicted octanol–water partition coefficient (Wildman–Crippen LogP) is 3.41. The molecule has 1 aromatic heterocycles. The van der Waals surface area contributed by atoms with Crippen LogP contribution in [0.5, 0.6) is 0 Å². The quantitative estimate of drug-likeness (QED) is 0.920. The Morgan fingerprint density at radius 3 is 2.78 bits per heavy atom. The van der Waals surface area contributed by atoms with E-state index < -0.39 is 0 Å². The molecule has 0 aliphatic heterocycles. The summed E-state index contributed by atoms with van der Waals surface area (Å²) < 4.78 is 2.05. The smallest absolute Gasteiger partial charge is 0.0994 e. The molecule has 0 fully saturated rings. The Hall–Kier alpha value is -1.32. The summed E-state index contributed by atoms with van der Waals surface area (Å²) in [4.78, 5) is 4.21. The molecule has 1 N–H and O–H groups in total. The van der Waals surface area contributed by atoms with Gasteiger partial charge in [0.05, 0.1) is 12.0 Å². The summed E-state index contributed by atoms with van der Waals surface area (Å²) in [5.74, 6) is 0. The molecule has 96 valence electrons. The third kappa shape index (κ3) is 3.34. The van der Waals surface area contributed by atoms with Crippen LogP contribution in [0.25, 0.3) is 5.69 Å². The van der Waals surface area contributed by atoms with Crippen molar-refractivity contribution in [3.8, 4) is 5.69 Å². The van der Waals surface area contributed by atoms with Gasteiger partial charge in [-0.25, -0.2) is 4.98 Å². The van der Waals surface area contributed by atoms with Crippen LogP contribution in [0.4, 0.5) is 0 Å². The van der Waals surface area contributed by atoms with Crippen LogP contribution in [0, 0.1) is 0 Å². The van der Waals surface area contributed by atoms with E-state index in [0.717, 1.165) is 22.9 Å². The van der Waals surface area contributed by atoms with Crippen LogP contribution < -0.4 is 5.32 Å². The number of rotatable bonds is 3. The van der Waals surface area contributed by atoms with Gasteiger partial charge in [-0.3, -0.25) is 0 Å². The second kappa shape index (κ2) is 5.12. The van der Waals surface area contributed by atoms with Crippen LogP contribution in [0.2, 0.25) is 5.02 Å². The van der Waals surface area contributed by atoms with Gasteiger partial charge in [0.25, 0.3) is 0 Å². The summed E-state index contributed by atoms with van der Waals surface area (Å²) in [5.41, 5.74) is 2.24. The van der Waals surface area contributed by atoms with Gasteiger partial charge in [0, 0.05) is 29.0 Å². The maximum atomic E-state index is 6.01. The van der Waals surface area contributed by atoms with E-state index in [9.17, 15) is 0 Å². The van der Waals surface area contributed by atoms with Gasteiger partial charge >= 0.3 is 0 Å². The third-order valence-electron chi connectivity index (χ3n) is 2.60. The maximum Gasteiger partial charge on any atom is 0.0994 e. The Morgan fingerprint density at radius 1 is 1.33 bits per heavy atom. The highest BCUT2D eigenvalue weighted by Crippen LogP contribution is 2.16. The molecule has 0 radical (unpaired) electrons. The average molecular weight is 264 g/mol. The van der Waals surface area contributed by atoms with Gasteiger partial charge in [0.15, 0.2) is 0 Å². The molecular weight excluding hydrogens is 246 g/mol. The van der Waals surface area contributed by atoms with Crippen molar-refractivity contribution in [2.45, 2.75) is 32.9 Å². The van der Waals surface area contributed by atoms with E-state index in [2.05, 4.69) is 31.1 Å². The number of halogens is 1. The standard InChI is InChI=1S/C14H18ClN3/c1-14(2,3)17-9-13-8-16-10-18(13)12-6-4-5-11(15)7-12/h4-8,10,17H,9H2,1-3H3. The van der Waals surface area contributed by atoms with E-state index in [4.69, 9.17) is 11.6 Å². The Kier molecular flexibility index (Phi) is 3.73. The van der Waals surface area contributed by atoms with Crippen molar-refractivity contribution in [2.75, 3.05) is 0 Å². The lowest BCUT2D eigenvalue weighted by Gasteiger charge is -2.21. The zero-order chi connectivity index (χ0) is 13.2. The molecule has 18 heavy (non-hydrogen) atoms. The van der Waals surface area contributed by atoms with Gasteiger partial charge in [-0.15, -0.1) is 0 Å². The lowest BCUT2D eigenvalue weighted by atomic mass is 10.1. The lowest BCUT2D eigenvalue weighted by Crippen LogP contribution is -2.35. The van der Waals surface area contributed by atoms with Gasteiger partial charge in [-0.1, -0.05) is 17.7 Å². The first-order valence-electron chi connectivity index (χ1n) is 5.98. The fourth-order valence-electron chi connectivity index (χ4n) is 1.67. The highest BCUT2D eigenvalue weighted by Gasteiger charge is 2.11. The zero-order valence-electron chi connectivity index (χ0n) is 10.9. The van der Waals surface area contributed by atoms with Crippen LogP contribution >= 0.6 is 11.6 Å². The number of aromatic nitrogens is 2. The van der Waals surface area contributed by atoms with Crippen molar-refractivity contribution >= 4 is 11.6 Å². The van der Waals surface area contributed by atoms with Crippen LogP contribution in [-0.4, -0.2) is 15.1 Å². The highest BCUT2D eigenvalue weighted by atomic mass is 35.5. The molecule has 2 aromatic rings. The Balaban J connectivity index is 2.23. The fraction of sp³-hybridized carbons (Fsp3) is 0.357. The summed E-state index contributed by atoms with van der Waals surface area (Å²) in [7, 11) is 0. The van der Waals surface area contributed by atoms with Gasteiger partial charge < -0.3 is 9.88 Å². The van der Waals surface area contributed by atoms with E-state index in [1.807, 2.05) is 41.4 Å². The Morgan fingerprint density at radius 2 is 2.11 bits per heavy atom. The lowest BCUT2D eigenvalue weighted by molar-refractivity contribution is 0.419. The van der Waals surface area contributed by atoms with Gasteiger partial charge in [-0.2, -0.15) is 0 Å². The largest absolute Gasteiger partial charge is 0.306 e. The Labute approximate surface area is 113 Å². The molecule has 0 spiro atoms. The van der Waals surface area contributed by atoms with E-state index in [-0.39, 0.29) is 5.54 Å². The van der Waals surface area contributed by atoms with E-state index in [1.165, 1.54) is 0 Å². The number of hydrogen-bond acceptors (Lipinski definition) is 2. The zero-order valence-corrected chi connectivity index (χ0v) is 11.7. The number of benzene rings is 1. The molecule has 0 saturated carbocycles. The highest BCUT2D eigenvalue weighted by molar-refractivity contribution is 6.30. The second-order valence-corrected chi connectivity index (χ2v) is 5.77. The number of hydrogen-bond donors (Lipinski definition) is 1. The van der Waals surface area contributed by atoms with Crippen molar-refractivity contribution < 1.29 is 0 Å². The topological polar surface area (TPSA) is 29.9 Å². The third-order valence-corrected chi connectivity index (χ3v) is 2.84. The van der Waals surface area contributed by atoms with Crippen molar-refractivity contribution in [1.29, 1.82) is 0 Å². The van der Waals surface area contributed by atoms with Crippen LogP contribution in [0.3, 0.4) is 0 Å². The molecule has 0 amide bonds. The summed E-state index contributed by atoms with van der Waals surface area (Å²) in [6.45, 7) is 7.21. The molecule has 3 nitrogen and oxygen atoms in total. The van der Waals surface area contributed by atoms with Gasteiger partial charge in [-0.05, 0) is 39.0 Å². The molecule has 0 aliphatic rings. The first-order valence-corrected chi connectivity index (χ1v) is 6.36. The molecule has 1 heterocycles. The molecule has 0 saturated heterocycles. The van der Waals surface area contributed by atoms with Crippen molar-refractivity contribution in [3.05, 3.63) is 47.5 Å². The molecule has 0 unspecified atom stereocenters. The summed E-state index contributed by atoms with van der Waals surface area (Å²) >= 11 is 6.01. The van der Waals surface area contributed by atoms with Crippen LogP contribution in [0.15, 0.2) is 36.8 Å². The summed E-state index contributed by atoms with van der Waals surface area (Å²) in [6, 6.07) is 7.77. The number of imidazole rings is 1. The monoisotopic (exact) mass is 263 g/mol. The normalized spacial score (nSPS) is 11.8. The van der Waals surface area contributed by atoms with E-state index in [1.54, 1.807) is 0 Å². The first kappa shape index (κ1) is 13.1. The minimum absolute atomic E-state index is 0.0867. The molecule has 4 heteroatoms. The molecule has 0 atom stereocenters. The number of nitrogens with zero attached hydrogens (tertiary/aromatic N) is 2. The van der Waals surface area contributed by atoms with Gasteiger partial charge in [0.1, 0.15) is 0 Å². The second-order valence-electron chi connectivity index (χ2n) is 5.34. The number of nitrogens with one attached hydrogen (secondary N) is 1. The molecule has 1 aromatic carbocycles.